The van der Waals surface area contributed by atoms with Crippen molar-refractivity contribution in [3.05, 3.63) is 122 Å². The molecule has 168 valence electrons. The molecular formula is C30H23N5. The molecule has 0 saturated carbocycles. The van der Waals surface area contributed by atoms with Crippen molar-refractivity contribution in [2.45, 2.75) is 0 Å². The smallest absolute Gasteiger partial charge is 0.0672 e. The summed E-state index contributed by atoms with van der Waals surface area (Å²) in [6.45, 7) is 0. The van der Waals surface area contributed by atoms with Crippen LogP contribution in [0.4, 0.5) is 5.69 Å². The van der Waals surface area contributed by atoms with E-state index < -0.39 is 0 Å². The van der Waals surface area contributed by atoms with Gasteiger partial charge in [-0.15, -0.1) is 0 Å². The molecule has 6 rings (SSSR count). The second-order valence-electron chi connectivity index (χ2n) is 8.31. The van der Waals surface area contributed by atoms with Gasteiger partial charge in [0.15, 0.2) is 0 Å². The molecule has 0 fully saturated rings. The van der Waals surface area contributed by atoms with Gasteiger partial charge in [0.05, 0.1) is 16.7 Å². The highest BCUT2D eigenvalue weighted by Gasteiger charge is 2.13. The number of benzene rings is 4. The number of hydrogen-bond acceptors (Lipinski definition) is 3. The van der Waals surface area contributed by atoms with Crippen LogP contribution in [0.25, 0.3) is 44.3 Å². The van der Waals surface area contributed by atoms with Crippen molar-refractivity contribution < 1.29 is 0 Å². The van der Waals surface area contributed by atoms with Gasteiger partial charge >= 0.3 is 0 Å². The average molecular weight is 454 g/mol. The molecule has 2 aromatic heterocycles. The highest BCUT2D eigenvalue weighted by atomic mass is 15.3. The van der Waals surface area contributed by atoms with Crippen LogP contribution in [0.3, 0.4) is 0 Å². The highest BCUT2D eigenvalue weighted by molar-refractivity contribution is 6.10. The van der Waals surface area contributed by atoms with Gasteiger partial charge in [0, 0.05) is 47.0 Å². The zero-order valence-electron chi connectivity index (χ0n) is 19.0. The van der Waals surface area contributed by atoms with E-state index in [0.29, 0.717) is 0 Å². The molecular weight excluding hydrogens is 430 g/mol. The summed E-state index contributed by atoms with van der Waals surface area (Å²) in [4.78, 5) is 0. The average Bonchev–Trinajstić information content (AvgIpc) is 3.56. The first kappa shape index (κ1) is 20.7. The molecule has 0 spiro atoms. The molecule has 0 amide bonds. The van der Waals surface area contributed by atoms with Crippen LogP contribution in [0.15, 0.2) is 122 Å². The van der Waals surface area contributed by atoms with Crippen LogP contribution in [-0.2, 0) is 0 Å². The Balaban J connectivity index is 1.55. The zero-order valence-corrected chi connectivity index (χ0v) is 19.0. The predicted octanol–water partition coefficient (Wildman–Crippen LogP) is 7.21. The molecule has 0 aliphatic heterocycles. The van der Waals surface area contributed by atoms with E-state index in [0.717, 1.165) is 28.2 Å². The maximum absolute atomic E-state index is 7.24. The molecule has 0 radical (unpaired) electrons. The van der Waals surface area contributed by atoms with Gasteiger partial charge in [0.2, 0.25) is 0 Å². The number of fused-ring (bicyclic) bond motifs is 3. The molecule has 5 nitrogen and oxygen atoms in total. The number of hydrogen-bond donors (Lipinski definition) is 2. The number of nitrogens with one attached hydrogen (secondary N) is 2. The molecule has 0 unspecified atom stereocenters. The van der Waals surface area contributed by atoms with E-state index in [4.69, 9.17) is 5.41 Å². The van der Waals surface area contributed by atoms with Crippen LogP contribution >= 0.6 is 0 Å². The van der Waals surface area contributed by atoms with E-state index in [9.17, 15) is 0 Å². The first-order chi connectivity index (χ1) is 17.3. The zero-order chi connectivity index (χ0) is 23.6. The fourth-order valence-corrected chi connectivity index (χ4v) is 4.62. The van der Waals surface area contributed by atoms with Gasteiger partial charge in [-0.25, -0.2) is 4.68 Å². The Bertz CT molecular complexity index is 1680. The van der Waals surface area contributed by atoms with Gasteiger partial charge in [0.25, 0.3) is 0 Å². The monoisotopic (exact) mass is 453 g/mol. The Kier molecular flexibility index (Phi) is 5.20. The van der Waals surface area contributed by atoms with Gasteiger partial charge in [0.1, 0.15) is 0 Å². The van der Waals surface area contributed by atoms with Crippen molar-refractivity contribution >= 4 is 33.7 Å². The highest BCUT2D eigenvalue weighted by Crippen LogP contribution is 2.35. The van der Waals surface area contributed by atoms with Gasteiger partial charge in [-0.05, 0) is 71.8 Å². The van der Waals surface area contributed by atoms with Crippen molar-refractivity contribution in [3.63, 3.8) is 0 Å². The normalized spacial score (nSPS) is 11.4. The summed E-state index contributed by atoms with van der Waals surface area (Å²) in [5.41, 5.74) is 7.62. The molecule has 0 saturated heterocycles. The van der Waals surface area contributed by atoms with Crippen molar-refractivity contribution in [2.75, 3.05) is 5.32 Å². The molecule has 0 bridgehead atoms. The van der Waals surface area contributed by atoms with E-state index in [1.54, 1.807) is 18.5 Å². The minimum absolute atomic E-state index is 0.929. The van der Waals surface area contributed by atoms with Crippen molar-refractivity contribution in [1.29, 1.82) is 5.41 Å². The van der Waals surface area contributed by atoms with E-state index in [1.807, 2.05) is 29.1 Å². The summed E-state index contributed by atoms with van der Waals surface area (Å²) in [6.07, 6.45) is 8.38. The third-order valence-corrected chi connectivity index (χ3v) is 6.15. The maximum atomic E-state index is 7.24. The summed E-state index contributed by atoms with van der Waals surface area (Å²) in [7, 11) is 0. The number of allylic oxidation sites excluding steroid dienone is 1. The Hall–Kier alpha value is -4.90. The van der Waals surface area contributed by atoms with E-state index in [-0.39, 0.29) is 0 Å². The molecule has 4 aromatic carbocycles. The van der Waals surface area contributed by atoms with E-state index in [1.165, 1.54) is 28.0 Å². The number of rotatable bonds is 6. The molecule has 2 N–H and O–H groups in total. The Morgan fingerprint density at radius 2 is 1.54 bits per heavy atom. The second kappa shape index (κ2) is 8.80. The largest absolute Gasteiger partial charge is 0.362 e. The summed E-state index contributed by atoms with van der Waals surface area (Å²) in [6, 6.07) is 33.9. The molecule has 2 heterocycles. The topological polar surface area (TPSA) is 58.6 Å². The number of anilines is 1. The third-order valence-electron chi connectivity index (χ3n) is 6.15. The van der Waals surface area contributed by atoms with Crippen molar-refractivity contribution in [3.8, 4) is 22.5 Å². The molecule has 35 heavy (non-hydrogen) atoms. The van der Waals surface area contributed by atoms with Crippen LogP contribution in [0.1, 0.15) is 0 Å². The van der Waals surface area contributed by atoms with Gasteiger partial charge in [-0.2, -0.15) is 5.10 Å². The fraction of sp³-hybridized carbons (Fsp3) is 0. The number of para-hydroxylation sites is 2. The lowest BCUT2D eigenvalue weighted by molar-refractivity contribution is 0.881. The Morgan fingerprint density at radius 1 is 0.714 bits per heavy atom. The van der Waals surface area contributed by atoms with Crippen LogP contribution < -0.4 is 5.32 Å². The lowest BCUT2D eigenvalue weighted by Crippen LogP contribution is -1.97. The number of nitrogens with zero attached hydrogens (tertiary/aromatic N) is 3. The standard InChI is InChI=1S/C30H23N5/c31-14-6-15-32-24-18-23(19-26(21-24)34-17-7-16-33-34)22-12-13-30-28(20-22)27-10-4-5-11-29(27)35(30)25-8-2-1-3-9-25/h1-21,31-32H/b15-6-,31-14?. The summed E-state index contributed by atoms with van der Waals surface area (Å²) >= 11 is 0. The SMILES string of the molecule is N=C/C=C\Nc1cc(-c2ccc3c(c2)c2ccccc2n3-c2ccccc2)cc(-n2cccn2)c1. The van der Waals surface area contributed by atoms with Crippen LogP contribution in [0.5, 0.6) is 0 Å². The maximum Gasteiger partial charge on any atom is 0.0672 e. The van der Waals surface area contributed by atoms with E-state index >= 15 is 0 Å². The molecule has 5 heteroatoms. The van der Waals surface area contributed by atoms with Crippen LogP contribution in [0.2, 0.25) is 0 Å². The predicted molar refractivity (Wildman–Crippen MR) is 145 cm³/mol. The first-order valence-electron chi connectivity index (χ1n) is 11.5. The quantitative estimate of drug-likeness (QED) is 0.262. The molecule has 6 aromatic rings. The Morgan fingerprint density at radius 3 is 2.37 bits per heavy atom. The minimum Gasteiger partial charge on any atom is -0.362 e. The molecule has 0 aliphatic carbocycles. The lowest BCUT2D eigenvalue weighted by atomic mass is 10.0. The molecule has 0 atom stereocenters. The van der Waals surface area contributed by atoms with Crippen molar-refractivity contribution in [1.82, 2.24) is 14.3 Å². The van der Waals surface area contributed by atoms with E-state index in [2.05, 4.69) is 93.8 Å². The number of aromatic nitrogens is 3. The van der Waals surface area contributed by atoms with Gasteiger partial charge in [-0.1, -0.05) is 42.5 Å². The van der Waals surface area contributed by atoms with Crippen molar-refractivity contribution in [2.24, 2.45) is 0 Å². The summed E-state index contributed by atoms with van der Waals surface area (Å²) < 4.78 is 4.18. The summed E-state index contributed by atoms with van der Waals surface area (Å²) in [5.74, 6) is 0. The minimum atomic E-state index is 0.929. The fourth-order valence-electron chi connectivity index (χ4n) is 4.62. The first-order valence-corrected chi connectivity index (χ1v) is 11.5. The third kappa shape index (κ3) is 3.79. The van der Waals surface area contributed by atoms with Crippen LogP contribution in [-0.4, -0.2) is 20.6 Å². The Labute approximate surface area is 203 Å². The second-order valence-corrected chi connectivity index (χ2v) is 8.31. The summed E-state index contributed by atoms with van der Waals surface area (Å²) in [5, 5.41) is 17.4. The van der Waals surface area contributed by atoms with Gasteiger partial charge in [-0.3, -0.25) is 0 Å². The van der Waals surface area contributed by atoms with Gasteiger partial charge < -0.3 is 15.3 Å². The van der Waals surface area contributed by atoms with Crippen LogP contribution in [0, 0.1) is 5.41 Å². The lowest BCUT2D eigenvalue weighted by Gasteiger charge is -2.11. The molecule has 0 aliphatic rings.